The maximum absolute atomic E-state index is 13.2. The fraction of sp³-hybridized carbons (Fsp3) is 0.441. The summed E-state index contributed by atoms with van der Waals surface area (Å²) in [5, 5.41) is 5.42. The Hall–Kier alpha value is -4.05. The van der Waals surface area contributed by atoms with Gasteiger partial charge < -0.3 is 39.2 Å². The Morgan fingerprint density at radius 2 is 1.20 bits per heavy atom. The van der Waals surface area contributed by atoms with E-state index in [2.05, 4.69) is 29.1 Å². The molecular weight excluding hydrogens is 578 g/mol. The van der Waals surface area contributed by atoms with Crippen LogP contribution in [-0.2, 0) is 44.6 Å². The highest BCUT2D eigenvalue weighted by molar-refractivity contribution is 5.96. The number of hydrogen-bond donors (Lipinski definition) is 2. The predicted octanol–water partition coefficient (Wildman–Crippen LogP) is 2.21. The summed E-state index contributed by atoms with van der Waals surface area (Å²) in [7, 11) is 0. The number of carbonyl (C=O) groups is 3. The van der Waals surface area contributed by atoms with Gasteiger partial charge in [0.15, 0.2) is 0 Å². The van der Waals surface area contributed by atoms with Crippen LogP contribution in [0.5, 0.6) is 0 Å². The van der Waals surface area contributed by atoms with Crippen LogP contribution in [0, 0.1) is 11.8 Å². The molecule has 2 N–H and O–H groups in total. The fourth-order valence-corrected chi connectivity index (χ4v) is 4.21. The minimum absolute atomic E-state index is 0.0874. The molecule has 0 atom stereocenters. The molecule has 3 rings (SSSR count). The lowest BCUT2D eigenvalue weighted by Gasteiger charge is -2.26. The van der Waals surface area contributed by atoms with Gasteiger partial charge in [0.25, 0.3) is 0 Å². The van der Waals surface area contributed by atoms with E-state index in [-0.39, 0.29) is 30.6 Å². The van der Waals surface area contributed by atoms with Crippen molar-refractivity contribution in [2.45, 2.75) is 19.4 Å². The van der Waals surface area contributed by atoms with E-state index in [4.69, 9.17) is 23.7 Å². The average Bonchev–Trinajstić information content (AvgIpc) is 3.05. The zero-order chi connectivity index (χ0) is 32.0. The number of ether oxygens (including phenoxy) is 5. The molecule has 0 aliphatic carbocycles. The van der Waals surface area contributed by atoms with Crippen molar-refractivity contribution in [3.63, 3.8) is 0 Å². The Balaban J connectivity index is 1.15. The summed E-state index contributed by atoms with van der Waals surface area (Å²) in [6, 6.07) is 15.4. The molecule has 0 saturated heterocycles. The van der Waals surface area contributed by atoms with Gasteiger partial charge in [0.2, 0.25) is 17.7 Å². The second-order valence-electron chi connectivity index (χ2n) is 9.81. The summed E-state index contributed by atoms with van der Waals surface area (Å²) in [6.45, 7) is 8.81. The van der Waals surface area contributed by atoms with Gasteiger partial charge in [-0.15, -0.1) is 0 Å². The maximum Gasteiger partial charge on any atom is 0.243 e. The van der Waals surface area contributed by atoms with Crippen molar-refractivity contribution in [2.24, 2.45) is 0 Å². The van der Waals surface area contributed by atoms with E-state index in [1.807, 2.05) is 48.5 Å². The minimum Gasteiger partial charge on any atom is -0.377 e. The van der Waals surface area contributed by atoms with Crippen LogP contribution in [0.25, 0.3) is 0 Å². The van der Waals surface area contributed by atoms with Crippen molar-refractivity contribution in [1.82, 2.24) is 10.6 Å². The van der Waals surface area contributed by atoms with Crippen LogP contribution in [-0.4, -0.2) is 96.9 Å². The Morgan fingerprint density at radius 3 is 1.82 bits per heavy atom. The Morgan fingerprint density at radius 1 is 0.689 bits per heavy atom. The Bertz CT molecular complexity index is 1290. The van der Waals surface area contributed by atoms with Crippen molar-refractivity contribution in [3.05, 3.63) is 77.9 Å². The zero-order valence-electron chi connectivity index (χ0n) is 25.7. The number of hydrogen-bond acceptors (Lipinski definition) is 8. The van der Waals surface area contributed by atoms with Gasteiger partial charge in [0.05, 0.1) is 78.3 Å². The molecular formula is C34H43N3O8. The lowest BCUT2D eigenvalue weighted by Crippen LogP contribution is -2.34. The molecule has 45 heavy (non-hydrogen) atoms. The van der Waals surface area contributed by atoms with E-state index < -0.39 is 0 Å². The van der Waals surface area contributed by atoms with E-state index in [0.29, 0.717) is 85.7 Å². The molecule has 0 bridgehead atoms. The second kappa shape index (κ2) is 21.6. The normalized spacial score (nSPS) is 11.7. The third-order valence-corrected chi connectivity index (χ3v) is 6.53. The van der Waals surface area contributed by atoms with Crippen LogP contribution in [0.1, 0.15) is 29.5 Å². The van der Waals surface area contributed by atoms with Crippen molar-refractivity contribution < 1.29 is 38.1 Å². The number of carbonyl (C=O) groups excluding carboxylic acids is 3. The first kappa shape index (κ1) is 35.4. The van der Waals surface area contributed by atoms with Crippen molar-refractivity contribution in [1.29, 1.82) is 0 Å². The fourth-order valence-electron chi connectivity index (χ4n) is 4.21. The molecule has 0 spiro atoms. The highest BCUT2D eigenvalue weighted by Gasteiger charge is 2.21. The number of anilines is 1. The van der Waals surface area contributed by atoms with Crippen molar-refractivity contribution in [2.75, 3.05) is 84.1 Å². The molecule has 11 heteroatoms. The number of nitrogens with zero attached hydrogens (tertiary/aromatic N) is 1. The van der Waals surface area contributed by atoms with Crippen LogP contribution in [0.4, 0.5) is 5.69 Å². The van der Waals surface area contributed by atoms with Gasteiger partial charge in [-0.05, 0) is 29.8 Å². The summed E-state index contributed by atoms with van der Waals surface area (Å²) in [6.07, 6.45) is 1.39. The molecule has 242 valence electrons. The number of fused-ring (bicyclic) bond motifs is 2. The third-order valence-electron chi connectivity index (χ3n) is 6.53. The van der Waals surface area contributed by atoms with E-state index in [9.17, 15) is 14.4 Å². The number of rotatable bonds is 22. The number of para-hydroxylation sites is 1. The minimum atomic E-state index is -0.221. The lowest BCUT2D eigenvalue weighted by molar-refractivity contribution is -0.125. The largest absolute Gasteiger partial charge is 0.377 e. The number of nitrogens with one attached hydrogen (secondary N) is 2. The maximum atomic E-state index is 13.2. The second-order valence-corrected chi connectivity index (χ2v) is 9.81. The van der Waals surface area contributed by atoms with E-state index in [1.165, 1.54) is 6.08 Å². The quantitative estimate of drug-likeness (QED) is 0.117. The summed E-state index contributed by atoms with van der Waals surface area (Å²) in [4.78, 5) is 38.3. The Labute approximate surface area is 265 Å². The number of amides is 3. The third kappa shape index (κ3) is 14.1. The number of benzene rings is 2. The van der Waals surface area contributed by atoms with Gasteiger partial charge in [0, 0.05) is 37.1 Å². The predicted molar refractivity (Wildman–Crippen MR) is 170 cm³/mol. The zero-order valence-corrected chi connectivity index (χ0v) is 25.7. The van der Waals surface area contributed by atoms with Crippen LogP contribution in [0.15, 0.2) is 61.2 Å². The van der Waals surface area contributed by atoms with Gasteiger partial charge in [-0.1, -0.05) is 48.8 Å². The first-order valence-corrected chi connectivity index (χ1v) is 15.1. The topological polar surface area (TPSA) is 125 Å². The lowest BCUT2D eigenvalue weighted by atomic mass is 10.0. The first-order chi connectivity index (χ1) is 22.1. The molecule has 2 aromatic carbocycles. The highest BCUT2D eigenvalue weighted by Crippen LogP contribution is 2.26. The van der Waals surface area contributed by atoms with Crippen LogP contribution in [0.2, 0.25) is 0 Å². The molecule has 0 unspecified atom stereocenters. The van der Waals surface area contributed by atoms with Crippen molar-refractivity contribution >= 4 is 23.4 Å². The highest BCUT2D eigenvalue weighted by atomic mass is 16.6. The van der Waals surface area contributed by atoms with Gasteiger partial charge in [-0.3, -0.25) is 14.4 Å². The standard InChI is InChI=1S/C34H43N3O8/c1-2-32(38)35-15-17-41-19-21-43-23-25-45-26-24-44-22-20-42-18-16-36-33(39)13-14-34(40)37-27-30-9-4-3-7-28(30)11-12-29-8-5-6-10-31(29)37/h2-10H,1,13-27H2,(H,35,38)(H,36,39). The molecule has 1 aliphatic rings. The summed E-state index contributed by atoms with van der Waals surface area (Å²) >= 11 is 0. The molecule has 0 aromatic heterocycles. The first-order valence-electron chi connectivity index (χ1n) is 15.1. The average molecular weight is 622 g/mol. The molecule has 3 amide bonds. The molecule has 2 aromatic rings. The Kier molecular flexibility index (Phi) is 17.0. The van der Waals surface area contributed by atoms with E-state index in [0.717, 1.165) is 22.4 Å². The van der Waals surface area contributed by atoms with Crippen LogP contribution < -0.4 is 15.5 Å². The van der Waals surface area contributed by atoms with Crippen LogP contribution >= 0.6 is 0 Å². The molecule has 0 saturated carbocycles. The van der Waals surface area contributed by atoms with E-state index in [1.54, 1.807) is 4.90 Å². The van der Waals surface area contributed by atoms with Crippen molar-refractivity contribution in [3.8, 4) is 11.8 Å². The van der Waals surface area contributed by atoms with Gasteiger partial charge >= 0.3 is 0 Å². The van der Waals surface area contributed by atoms with Crippen LogP contribution in [0.3, 0.4) is 0 Å². The summed E-state index contributed by atoms with van der Waals surface area (Å²) < 4.78 is 27.1. The molecule has 1 aliphatic heterocycles. The molecule has 11 nitrogen and oxygen atoms in total. The monoisotopic (exact) mass is 621 g/mol. The molecule has 1 heterocycles. The van der Waals surface area contributed by atoms with Gasteiger partial charge in [-0.25, -0.2) is 0 Å². The summed E-state index contributed by atoms with van der Waals surface area (Å²) in [5.41, 5.74) is 3.40. The van der Waals surface area contributed by atoms with Gasteiger partial charge in [-0.2, -0.15) is 0 Å². The van der Waals surface area contributed by atoms with Gasteiger partial charge in [0.1, 0.15) is 0 Å². The SMILES string of the molecule is C=CC(=O)NCCOCCOCCOCCOCCOCCNC(=O)CCC(=O)N1Cc2ccccc2C#Cc2ccccc21. The molecule has 0 radical (unpaired) electrons. The van der Waals surface area contributed by atoms with E-state index >= 15 is 0 Å². The molecule has 0 fully saturated rings. The smallest absolute Gasteiger partial charge is 0.243 e. The summed E-state index contributed by atoms with van der Waals surface area (Å²) in [5.74, 6) is 5.83.